The van der Waals surface area contributed by atoms with E-state index >= 15 is 0 Å². The number of rotatable bonds is 3. The number of fused-ring (bicyclic) bond motifs is 1. The van der Waals surface area contributed by atoms with E-state index < -0.39 is 0 Å². The molecule has 1 aliphatic carbocycles. The molecule has 2 rings (SSSR count). The van der Waals surface area contributed by atoms with E-state index in [4.69, 9.17) is 0 Å². The molecule has 0 atom stereocenters. The van der Waals surface area contributed by atoms with E-state index in [1.54, 1.807) is 11.3 Å². The van der Waals surface area contributed by atoms with Gasteiger partial charge in [-0.15, -0.1) is 11.3 Å². The monoisotopic (exact) mass is 269 g/mol. The number of hydrogen-bond donors (Lipinski definition) is 0. The van der Waals surface area contributed by atoms with Crippen LogP contribution in [-0.2, 0) is 12.2 Å². The van der Waals surface area contributed by atoms with E-state index in [1.807, 2.05) is 11.8 Å². The first-order valence-electron chi connectivity index (χ1n) is 6.01. The van der Waals surface area contributed by atoms with Gasteiger partial charge in [0.1, 0.15) is 5.01 Å². The molecule has 0 saturated heterocycles. The fourth-order valence-electron chi connectivity index (χ4n) is 2.07. The first-order chi connectivity index (χ1) is 7.87. The Morgan fingerprint density at radius 3 is 2.76 bits per heavy atom. The first kappa shape index (κ1) is 13.1. The largest absolute Gasteiger partial charge is 0.293 e. The summed E-state index contributed by atoms with van der Waals surface area (Å²) in [4.78, 5) is 17.6. The van der Waals surface area contributed by atoms with E-state index in [9.17, 15) is 4.79 Å². The van der Waals surface area contributed by atoms with E-state index in [0.29, 0.717) is 11.7 Å². The quantitative estimate of drug-likeness (QED) is 0.832. The molecule has 0 aliphatic heterocycles. The lowest BCUT2D eigenvalue weighted by Crippen LogP contribution is -2.25. The van der Waals surface area contributed by atoms with Crippen molar-refractivity contribution in [3.05, 3.63) is 15.6 Å². The van der Waals surface area contributed by atoms with Crippen LogP contribution in [0.15, 0.2) is 0 Å². The normalized spacial score (nSPS) is 18.5. The third-order valence-electron chi connectivity index (χ3n) is 2.82. The highest BCUT2D eigenvalue weighted by atomic mass is 32.2. The Kier molecular flexibility index (Phi) is 3.64. The van der Waals surface area contributed by atoms with Crippen LogP contribution in [-0.4, -0.2) is 16.0 Å². The molecule has 17 heavy (non-hydrogen) atoms. The van der Waals surface area contributed by atoms with Crippen LogP contribution in [0.4, 0.5) is 0 Å². The average molecular weight is 269 g/mol. The zero-order valence-electron chi connectivity index (χ0n) is 10.9. The number of ketones is 1. The van der Waals surface area contributed by atoms with Gasteiger partial charge in [0.05, 0.1) is 10.6 Å². The van der Waals surface area contributed by atoms with E-state index in [1.165, 1.54) is 0 Å². The van der Waals surface area contributed by atoms with Crippen LogP contribution < -0.4 is 0 Å². The van der Waals surface area contributed by atoms with Crippen molar-refractivity contribution in [3.8, 4) is 0 Å². The molecule has 94 valence electrons. The Balaban J connectivity index is 2.18. The van der Waals surface area contributed by atoms with Crippen LogP contribution in [0.1, 0.15) is 54.5 Å². The Labute approximate surface area is 111 Å². The Hall–Kier alpha value is -0.350. The van der Waals surface area contributed by atoms with Gasteiger partial charge < -0.3 is 0 Å². The van der Waals surface area contributed by atoms with Crippen LogP contribution in [0.5, 0.6) is 0 Å². The maximum absolute atomic E-state index is 12.0. The predicted molar refractivity (Wildman–Crippen MR) is 75.0 cm³/mol. The van der Waals surface area contributed by atoms with Crippen LogP contribution in [0.2, 0.25) is 0 Å². The van der Waals surface area contributed by atoms with Gasteiger partial charge in [0.25, 0.3) is 0 Å². The van der Waals surface area contributed by atoms with Crippen molar-refractivity contribution in [1.82, 2.24) is 4.98 Å². The second kappa shape index (κ2) is 4.73. The summed E-state index contributed by atoms with van der Waals surface area (Å²) in [5.74, 6) is 1.22. The number of nitrogens with zero attached hydrogens (tertiary/aromatic N) is 1. The SMILES string of the molecule is CC(C)SCc1nc2c(s1)C(=O)CC(C)(C)C2. The number of thioether (sulfide) groups is 1. The van der Waals surface area contributed by atoms with Gasteiger partial charge >= 0.3 is 0 Å². The number of Topliss-reactive ketones (excluding diaryl/α,β-unsaturated/α-hetero) is 1. The average Bonchev–Trinajstić information content (AvgIpc) is 2.56. The Morgan fingerprint density at radius 1 is 1.41 bits per heavy atom. The summed E-state index contributed by atoms with van der Waals surface area (Å²) < 4.78 is 0. The van der Waals surface area contributed by atoms with Gasteiger partial charge in [0.15, 0.2) is 5.78 Å². The maximum Gasteiger partial charge on any atom is 0.175 e. The van der Waals surface area contributed by atoms with Gasteiger partial charge in [-0.1, -0.05) is 27.7 Å². The summed E-state index contributed by atoms with van der Waals surface area (Å²) in [5, 5.41) is 1.72. The third kappa shape index (κ3) is 3.10. The summed E-state index contributed by atoms with van der Waals surface area (Å²) in [6.07, 6.45) is 1.61. The van der Waals surface area contributed by atoms with Gasteiger partial charge in [0.2, 0.25) is 0 Å². The smallest absolute Gasteiger partial charge is 0.175 e. The van der Waals surface area contributed by atoms with Crippen LogP contribution in [0.3, 0.4) is 0 Å². The third-order valence-corrected chi connectivity index (χ3v) is 5.25. The van der Waals surface area contributed by atoms with Crippen molar-refractivity contribution < 1.29 is 4.79 Å². The molecule has 0 radical (unpaired) electrons. The second-order valence-electron chi connectivity index (χ2n) is 5.68. The fourth-order valence-corrected chi connectivity index (χ4v) is 3.86. The molecule has 4 heteroatoms. The fraction of sp³-hybridized carbons (Fsp3) is 0.692. The second-order valence-corrected chi connectivity index (χ2v) is 8.33. The lowest BCUT2D eigenvalue weighted by molar-refractivity contribution is 0.0916. The van der Waals surface area contributed by atoms with Crippen LogP contribution >= 0.6 is 23.1 Å². The summed E-state index contributed by atoms with van der Waals surface area (Å²) in [6, 6.07) is 0. The molecule has 1 aromatic heterocycles. The zero-order chi connectivity index (χ0) is 12.6. The van der Waals surface area contributed by atoms with Crippen molar-refractivity contribution in [1.29, 1.82) is 0 Å². The van der Waals surface area contributed by atoms with Gasteiger partial charge in [0, 0.05) is 12.2 Å². The molecule has 1 aromatic rings. The summed E-state index contributed by atoms with van der Waals surface area (Å²) >= 11 is 3.49. The van der Waals surface area contributed by atoms with Gasteiger partial charge in [-0.25, -0.2) is 4.98 Å². The molecule has 0 aromatic carbocycles. The van der Waals surface area contributed by atoms with Gasteiger partial charge in [-0.05, 0) is 17.1 Å². The van der Waals surface area contributed by atoms with Gasteiger partial charge in [-0.2, -0.15) is 11.8 Å². The number of hydrogen-bond acceptors (Lipinski definition) is 4. The molecule has 2 nitrogen and oxygen atoms in total. The number of carbonyl (C=O) groups is 1. The zero-order valence-corrected chi connectivity index (χ0v) is 12.5. The number of thiazole rings is 1. The molecule has 0 saturated carbocycles. The molecular weight excluding hydrogens is 250 g/mol. The minimum Gasteiger partial charge on any atom is -0.293 e. The van der Waals surface area contributed by atoms with E-state index in [0.717, 1.165) is 27.8 Å². The minimum atomic E-state index is 0.0839. The first-order valence-corrected chi connectivity index (χ1v) is 7.87. The molecular formula is C13H19NOS2. The highest BCUT2D eigenvalue weighted by Gasteiger charge is 2.33. The van der Waals surface area contributed by atoms with Crippen molar-refractivity contribution >= 4 is 28.9 Å². The summed E-state index contributed by atoms with van der Waals surface area (Å²) in [6.45, 7) is 8.67. The van der Waals surface area contributed by atoms with Gasteiger partial charge in [-0.3, -0.25) is 4.79 Å². The number of aromatic nitrogens is 1. The molecule has 0 amide bonds. The minimum absolute atomic E-state index is 0.0839. The summed E-state index contributed by atoms with van der Waals surface area (Å²) in [5.41, 5.74) is 1.12. The van der Waals surface area contributed by atoms with Crippen molar-refractivity contribution in [3.63, 3.8) is 0 Å². The Morgan fingerprint density at radius 2 is 2.12 bits per heavy atom. The predicted octanol–water partition coefficient (Wildman–Crippen LogP) is 3.94. The van der Waals surface area contributed by atoms with E-state index in [2.05, 4.69) is 32.7 Å². The molecule has 0 spiro atoms. The molecule has 0 bridgehead atoms. The molecule has 1 aliphatic rings. The Bertz CT molecular complexity index is 435. The molecule has 0 N–H and O–H groups in total. The van der Waals surface area contributed by atoms with Crippen molar-refractivity contribution in [2.75, 3.05) is 0 Å². The van der Waals surface area contributed by atoms with Crippen molar-refractivity contribution in [2.45, 2.75) is 51.5 Å². The molecule has 0 fully saturated rings. The van der Waals surface area contributed by atoms with Crippen LogP contribution in [0, 0.1) is 5.41 Å². The lowest BCUT2D eigenvalue weighted by Gasteiger charge is -2.26. The highest BCUT2D eigenvalue weighted by Crippen LogP contribution is 2.37. The van der Waals surface area contributed by atoms with E-state index in [-0.39, 0.29) is 11.2 Å². The molecule has 0 unspecified atom stereocenters. The topological polar surface area (TPSA) is 30.0 Å². The standard InChI is InChI=1S/C13H19NOS2/c1-8(2)16-7-11-14-9-5-13(3,4)6-10(15)12(9)17-11/h8H,5-7H2,1-4H3. The maximum atomic E-state index is 12.0. The summed E-state index contributed by atoms with van der Waals surface area (Å²) in [7, 11) is 0. The molecule has 1 heterocycles. The van der Waals surface area contributed by atoms with Crippen molar-refractivity contribution in [2.24, 2.45) is 5.41 Å². The van der Waals surface area contributed by atoms with Crippen LogP contribution in [0.25, 0.3) is 0 Å². The lowest BCUT2D eigenvalue weighted by atomic mass is 9.78. The number of carbonyl (C=O) groups excluding carboxylic acids is 1. The highest BCUT2D eigenvalue weighted by molar-refractivity contribution is 7.99.